The third-order valence-electron chi connectivity index (χ3n) is 2.31. The SMILES string of the molecule is N#Cc1cc(N)ccc1Nc1cc(F)cc(F)c1. The molecule has 2 rings (SSSR count). The van der Waals surface area contributed by atoms with Crippen molar-refractivity contribution in [1.82, 2.24) is 0 Å². The van der Waals surface area contributed by atoms with Crippen molar-refractivity contribution in [3.05, 3.63) is 53.6 Å². The van der Waals surface area contributed by atoms with Crippen LogP contribution >= 0.6 is 0 Å². The standard InChI is InChI=1S/C13H9F2N3/c14-9-4-10(15)6-12(5-9)18-13-2-1-11(17)3-8(13)7-16/h1-6,18H,17H2. The Hall–Kier alpha value is -2.61. The Morgan fingerprint density at radius 1 is 1.06 bits per heavy atom. The van der Waals surface area contributed by atoms with Gasteiger partial charge in [-0.1, -0.05) is 0 Å². The molecule has 0 aliphatic heterocycles. The van der Waals surface area contributed by atoms with Crippen LogP contribution < -0.4 is 11.1 Å². The fourth-order valence-corrected chi connectivity index (χ4v) is 1.54. The van der Waals surface area contributed by atoms with Gasteiger partial charge in [0.25, 0.3) is 0 Å². The molecule has 0 fully saturated rings. The van der Waals surface area contributed by atoms with Crippen LogP contribution in [0.25, 0.3) is 0 Å². The van der Waals surface area contributed by atoms with Crippen LogP contribution in [0.15, 0.2) is 36.4 Å². The molecule has 18 heavy (non-hydrogen) atoms. The van der Waals surface area contributed by atoms with E-state index in [1.165, 1.54) is 6.07 Å². The summed E-state index contributed by atoms with van der Waals surface area (Å²) in [6, 6.07) is 9.67. The number of benzene rings is 2. The van der Waals surface area contributed by atoms with Gasteiger partial charge >= 0.3 is 0 Å². The Bertz CT molecular complexity index is 612. The van der Waals surface area contributed by atoms with E-state index in [1.54, 1.807) is 12.1 Å². The van der Waals surface area contributed by atoms with Crippen molar-refractivity contribution < 1.29 is 8.78 Å². The predicted octanol–water partition coefficient (Wildman–Crippen LogP) is 3.16. The molecule has 0 bridgehead atoms. The summed E-state index contributed by atoms with van der Waals surface area (Å²) in [4.78, 5) is 0. The van der Waals surface area contributed by atoms with Gasteiger partial charge in [-0.3, -0.25) is 0 Å². The van der Waals surface area contributed by atoms with Gasteiger partial charge in [0.15, 0.2) is 0 Å². The monoisotopic (exact) mass is 245 g/mol. The first-order valence-corrected chi connectivity index (χ1v) is 5.11. The number of rotatable bonds is 2. The largest absolute Gasteiger partial charge is 0.399 e. The lowest BCUT2D eigenvalue weighted by Gasteiger charge is -2.09. The Morgan fingerprint density at radius 2 is 1.72 bits per heavy atom. The van der Waals surface area contributed by atoms with Gasteiger partial charge in [-0.2, -0.15) is 5.26 Å². The lowest BCUT2D eigenvalue weighted by molar-refractivity contribution is 0.584. The summed E-state index contributed by atoms with van der Waals surface area (Å²) in [5, 5.41) is 11.7. The first kappa shape index (κ1) is 11.9. The molecular weight excluding hydrogens is 236 g/mol. The van der Waals surface area contributed by atoms with Crippen molar-refractivity contribution in [2.45, 2.75) is 0 Å². The van der Waals surface area contributed by atoms with Gasteiger partial charge in [-0.25, -0.2) is 8.78 Å². The number of nitriles is 1. The zero-order valence-corrected chi connectivity index (χ0v) is 9.24. The Balaban J connectivity index is 2.37. The first-order valence-electron chi connectivity index (χ1n) is 5.11. The highest BCUT2D eigenvalue weighted by Gasteiger charge is 2.05. The number of halogens is 2. The second-order valence-electron chi connectivity index (χ2n) is 3.70. The quantitative estimate of drug-likeness (QED) is 0.799. The fourth-order valence-electron chi connectivity index (χ4n) is 1.54. The second kappa shape index (κ2) is 4.72. The molecule has 0 atom stereocenters. The van der Waals surface area contributed by atoms with Crippen LogP contribution in [0.2, 0.25) is 0 Å². The van der Waals surface area contributed by atoms with Crippen LogP contribution in [-0.4, -0.2) is 0 Å². The minimum absolute atomic E-state index is 0.230. The highest BCUT2D eigenvalue weighted by atomic mass is 19.1. The molecule has 0 spiro atoms. The summed E-state index contributed by atoms with van der Waals surface area (Å²) >= 11 is 0. The van der Waals surface area contributed by atoms with Gasteiger partial charge in [0.05, 0.1) is 11.3 Å². The molecule has 5 heteroatoms. The van der Waals surface area contributed by atoms with Gasteiger partial charge < -0.3 is 11.1 Å². The molecule has 3 nitrogen and oxygen atoms in total. The maximum atomic E-state index is 13.0. The molecule has 0 aromatic heterocycles. The Kier molecular flexibility index (Phi) is 3.11. The Morgan fingerprint density at radius 3 is 2.33 bits per heavy atom. The van der Waals surface area contributed by atoms with E-state index >= 15 is 0 Å². The molecule has 0 unspecified atom stereocenters. The highest BCUT2D eigenvalue weighted by molar-refractivity contribution is 5.69. The van der Waals surface area contributed by atoms with E-state index in [0.29, 0.717) is 16.9 Å². The van der Waals surface area contributed by atoms with Gasteiger partial charge in [-0.05, 0) is 30.3 Å². The van der Waals surface area contributed by atoms with E-state index in [0.717, 1.165) is 18.2 Å². The Labute approximate surface area is 102 Å². The number of hydrogen-bond donors (Lipinski definition) is 2. The third-order valence-corrected chi connectivity index (χ3v) is 2.31. The zero-order chi connectivity index (χ0) is 13.1. The molecule has 0 amide bonds. The van der Waals surface area contributed by atoms with Crippen molar-refractivity contribution in [3.8, 4) is 6.07 Å². The first-order chi connectivity index (χ1) is 8.58. The van der Waals surface area contributed by atoms with Crippen molar-refractivity contribution in [2.24, 2.45) is 0 Å². The van der Waals surface area contributed by atoms with E-state index in [1.807, 2.05) is 6.07 Å². The maximum absolute atomic E-state index is 13.0. The number of nitrogens with one attached hydrogen (secondary N) is 1. The van der Waals surface area contributed by atoms with E-state index in [2.05, 4.69) is 5.32 Å². The smallest absolute Gasteiger partial charge is 0.128 e. The topological polar surface area (TPSA) is 61.8 Å². The molecule has 2 aromatic rings. The summed E-state index contributed by atoms with van der Waals surface area (Å²) in [5.74, 6) is -1.38. The van der Waals surface area contributed by atoms with Crippen LogP contribution in [0.3, 0.4) is 0 Å². The summed E-state index contributed by atoms with van der Waals surface area (Å²) in [5.41, 5.74) is 6.97. The van der Waals surface area contributed by atoms with Crippen LogP contribution in [0, 0.1) is 23.0 Å². The van der Waals surface area contributed by atoms with Gasteiger partial charge in [0.2, 0.25) is 0 Å². The van der Waals surface area contributed by atoms with E-state index in [-0.39, 0.29) is 5.69 Å². The molecule has 0 aliphatic rings. The summed E-state index contributed by atoms with van der Waals surface area (Å²) in [6.45, 7) is 0. The van der Waals surface area contributed by atoms with Crippen molar-refractivity contribution in [3.63, 3.8) is 0 Å². The van der Waals surface area contributed by atoms with E-state index in [9.17, 15) is 8.78 Å². The number of hydrogen-bond acceptors (Lipinski definition) is 3. The average Bonchev–Trinajstić information content (AvgIpc) is 2.30. The van der Waals surface area contributed by atoms with Crippen LogP contribution in [0.4, 0.5) is 25.8 Å². The molecule has 3 N–H and O–H groups in total. The van der Waals surface area contributed by atoms with E-state index in [4.69, 9.17) is 11.0 Å². The van der Waals surface area contributed by atoms with Crippen LogP contribution in [0.1, 0.15) is 5.56 Å². The predicted molar refractivity (Wildman–Crippen MR) is 65.2 cm³/mol. The second-order valence-corrected chi connectivity index (χ2v) is 3.70. The maximum Gasteiger partial charge on any atom is 0.128 e. The molecule has 0 saturated heterocycles. The van der Waals surface area contributed by atoms with Crippen LogP contribution in [0.5, 0.6) is 0 Å². The summed E-state index contributed by atoms with van der Waals surface area (Å²) < 4.78 is 26.0. The molecule has 2 aromatic carbocycles. The molecule has 0 aliphatic carbocycles. The lowest BCUT2D eigenvalue weighted by atomic mass is 10.1. The van der Waals surface area contributed by atoms with Crippen LogP contribution in [-0.2, 0) is 0 Å². The van der Waals surface area contributed by atoms with E-state index < -0.39 is 11.6 Å². The number of nitrogens with zero attached hydrogens (tertiary/aromatic N) is 1. The fraction of sp³-hybridized carbons (Fsp3) is 0. The molecule has 0 heterocycles. The van der Waals surface area contributed by atoms with Crippen molar-refractivity contribution >= 4 is 17.1 Å². The molecular formula is C13H9F2N3. The summed E-state index contributed by atoms with van der Waals surface area (Å²) in [6.07, 6.45) is 0. The molecule has 0 saturated carbocycles. The number of anilines is 3. The number of nitrogens with two attached hydrogens (primary N) is 1. The summed E-state index contributed by atoms with van der Waals surface area (Å²) in [7, 11) is 0. The highest BCUT2D eigenvalue weighted by Crippen LogP contribution is 2.23. The minimum atomic E-state index is -0.688. The third kappa shape index (κ3) is 2.55. The average molecular weight is 245 g/mol. The molecule has 90 valence electrons. The lowest BCUT2D eigenvalue weighted by Crippen LogP contribution is -1.96. The number of nitrogen functional groups attached to an aromatic ring is 1. The molecule has 0 radical (unpaired) electrons. The zero-order valence-electron chi connectivity index (χ0n) is 9.24. The van der Waals surface area contributed by atoms with Gasteiger partial charge in [0.1, 0.15) is 17.7 Å². The van der Waals surface area contributed by atoms with Crippen molar-refractivity contribution in [2.75, 3.05) is 11.1 Å². The minimum Gasteiger partial charge on any atom is -0.399 e. The van der Waals surface area contributed by atoms with Crippen molar-refractivity contribution in [1.29, 1.82) is 5.26 Å². The normalized spacial score (nSPS) is 9.83. The van der Waals surface area contributed by atoms with Gasteiger partial charge in [-0.15, -0.1) is 0 Å². The van der Waals surface area contributed by atoms with Gasteiger partial charge in [0, 0.05) is 17.4 Å².